The lowest BCUT2D eigenvalue weighted by atomic mass is 10.2. The number of carbonyl (C=O) groups is 1. The number of hydrogen-bond acceptors (Lipinski definition) is 5. The smallest absolute Gasteiger partial charge is 0.265 e. The summed E-state index contributed by atoms with van der Waals surface area (Å²) in [5, 5.41) is 9.43. The highest BCUT2D eigenvalue weighted by Crippen LogP contribution is 2.32. The van der Waals surface area contributed by atoms with Crippen LogP contribution < -0.4 is 14.8 Å². The standard InChI is InChI=1S/C15H18N4O4S/c1-4-11-8(2)14(18-17-11)19-24(21,22)10-5-6-13-12(7-10)16-15(20)9(3)23-13/h5-7,9H,4H2,1-3H3,(H,16,20)(H2,17,18,19). The maximum absolute atomic E-state index is 12.6. The summed E-state index contributed by atoms with van der Waals surface area (Å²) >= 11 is 0. The van der Waals surface area contributed by atoms with Gasteiger partial charge in [0.05, 0.1) is 10.6 Å². The Labute approximate surface area is 139 Å². The Kier molecular flexibility index (Phi) is 3.96. The molecule has 0 radical (unpaired) electrons. The number of anilines is 2. The second-order valence-electron chi connectivity index (χ2n) is 5.54. The molecule has 1 aliphatic rings. The normalized spacial score (nSPS) is 17.0. The van der Waals surface area contributed by atoms with Crippen molar-refractivity contribution >= 4 is 27.4 Å². The predicted molar refractivity (Wildman–Crippen MR) is 88.7 cm³/mol. The molecule has 0 bridgehead atoms. The topological polar surface area (TPSA) is 113 Å². The molecular weight excluding hydrogens is 332 g/mol. The lowest BCUT2D eigenvalue weighted by Gasteiger charge is -2.23. The third kappa shape index (κ3) is 2.82. The van der Waals surface area contributed by atoms with E-state index < -0.39 is 16.1 Å². The average molecular weight is 350 g/mol. The van der Waals surface area contributed by atoms with E-state index in [2.05, 4.69) is 20.2 Å². The average Bonchev–Trinajstić information content (AvgIpc) is 2.87. The first-order valence-corrected chi connectivity index (χ1v) is 8.98. The number of carbonyl (C=O) groups excluding carboxylic acids is 1. The number of fused-ring (bicyclic) bond motifs is 1. The first-order valence-electron chi connectivity index (χ1n) is 7.50. The van der Waals surface area contributed by atoms with E-state index in [0.717, 1.165) is 17.7 Å². The molecule has 128 valence electrons. The van der Waals surface area contributed by atoms with Crippen LogP contribution in [-0.4, -0.2) is 30.6 Å². The van der Waals surface area contributed by atoms with Gasteiger partial charge in [-0.25, -0.2) is 8.42 Å². The Balaban J connectivity index is 1.91. The number of aryl methyl sites for hydroxylation is 1. The first kappa shape index (κ1) is 16.3. The van der Waals surface area contributed by atoms with Crippen LogP contribution in [0.3, 0.4) is 0 Å². The van der Waals surface area contributed by atoms with Crippen LogP contribution in [0.4, 0.5) is 11.5 Å². The highest BCUT2D eigenvalue weighted by molar-refractivity contribution is 7.92. The zero-order valence-corrected chi connectivity index (χ0v) is 14.3. The number of H-pyrrole nitrogens is 1. The summed E-state index contributed by atoms with van der Waals surface area (Å²) in [6.07, 6.45) is 0.110. The van der Waals surface area contributed by atoms with Crippen molar-refractivity contribution in [2.24, 2.45) is 0 Å². The second kappa shape index (κ2) is 5.82. The molecule has 3 rings (SSSR count). The Morgan fingerprint density at radius 2 is 2.12 bits per heavy atom. The molecule has 3 N–H and O–H groups in total. The molecule has 1 unspecified atom stereocenters. The number of benzene rings is 1. The van der Waals surface area contributed by atoms with E-state index in [9.17, 15) is 13.2 Å². The maximum Gasteiger partial charge on any atom is 0.265 e. The molecule has 9 heteroatoms. The SMILES string of the molecule is CCc1[nH]nc(NS(=O)(=O)c2ccc3c(c2)NC(=O)C(C)O3)c1C. The van der Waals surface area contributed by atoms with Crippen LogP contribution in [0.25, 0.3) is 0 Å². The number of aromatic nitrogens is 2. The van der Waals surface area contributed by atoms with Gasteiger partial charge in [-0.15, -0.1) is 0 Å². The van der Waals surface area contributed by atoms with Crippen molar-refractivity contribution in [3.63, 3.8) is 0 Å². The Hall–Kier alpha value is -2.55. The number of rotatable bonds is 4. The van der Waals surface area contributed by atoms with Gasteiger partial charge < -0.3 is 10.1 Å². The van der Waals surface area contributed by atoms with Crippen molar-refractivity contribution in [3.8, 4) is 5.75 Å². The summed E-state index contributed by atoms with van der Waals surface area (Å²) in [7, 11) is -3.83. The molecule has 0 saturated heterocycles. The number of nitrogens with zero attached hydrogens (tertiary/aromatic N) is 1. The largest absolute Gasteiger partial charge is 0.479 e. The number of aromatic amines is 1. The molecule has 0 aliphatic carbocycles. The monoisotopic (exact) mass is 350 g/mol. The van der Waals surface area contributed by atoms with E-state index in [4.69, 9.17) is 4.74 Å². The summed E-state index contributed by atoms with van der Waals surface area (Å²) in [4.78, 5) is 11.7. The zero-order chi connectivity index (χ0) is 17.5. The van der Waals surface area contributed by atoms with E-state index in [-0.39, 0.29) is 16.6 Å². The molecule has 0 saturated carbocycles. The third-order valence-electron chi connectivity index (χ3n) is 3.89. The van der Waals surface area contributed by atoms with Gasteiger partial charge in [0.15, 0.2) is 11.9 Å². The van der Waals surface area contributed by atoms with Crippen LogP contribution in [0.1, 0.15) is 25.1 Å². The van der Waals surface area contributed by atoms with Crippen LogP contribution >= 0.6 is 0 Å². The van der Waals surface area contributed by atoms with Crippen molar-refractivity contribution in [1.82, 2.24) is 10.2 Å². The second-order valence-corrected chi connectivity index (χ2v) is 7.22. The van der Waals surface area contributed by atoms with Gasteiger partial charge in [-0.05, 0) is 38.5 Å². The zero-order valence-electron chi connectivity index (χ0n) is 13.5. The van der Waals surface area contributed by atoms with Crippen LogP contribution in [0.15, 0.2) is 23.1 Å². The lowest BCUT2D eigenvalue weighted by molar-refractivity contribution is -0.122. The molecule has 1 atom stereocenters. The molecule has 2 heterocycles. The van der Waals surface area contributed by atoms with Gasteiger partial charge >= 0.3 is 0 Å². The quantitative estimate of drug-likeness (QED) is 0.778. The molecule has 1 aromatic carbocycles. The summed E-state index contributed by atoms with van der Waals surface area (Å²) in [6.45, 7) is 5.37. The molecule has 1 aromatic heterocycles. The highest BCUT2D eigenvalue weighted by Gasteiger charge is 2.26. The number of nitrogens with one attached hydrogen (secondary N) is 3. The lowest BCUT2D eigenvalue weighted by Crippen LogP contribution is -2.34. The van der Waals surface area contributed by atoms with Crippen molar-refractivity contribution in [1.29, 1.82) is 0 Å². The molecule has 0 spiro atoms. The predicted octanol–water partition coefficient (Wildman–Crippen LogP) is 1.80. The van der Waals surface area contributed by atoms with Crippen LogP contribution in [0.2, 0.25) is 0 Å². The van der Waals surface area contributed by atoms with Crippen LogP contribution in [0.5, 0.6) is 5.75 Å². The van der Waals surface area contributed by atoms with E-state index >= 15 is 0 Å². The Bertz CT molecular complexity index is 904. The van der Waals surface area contributed by atoms with Gasteiger partial charge in [0.2, 0.25) is 0 Å². The van der Waals surface area contributed by atoms with Crippen molar-refractivity contribution in [2.75, 3.05) is 10.0 Å². The number of ether oxygens (including phenoxy) is 1. The summed E-state index contributed by atoms with van der Waals surface area (Å²) in [5.74, 6) is 0.379. The third-order valence-corrected chi connectivity index (χ3v) is 5.22. The number of amides is 1. The molecule has 0 fully saturated rings. The maximum atomic E-state index is 12.6. The number of hydrogen-bond donors (Lipinski definition) is 3. The first-order chi connectivity index (χ1) is 11.3. The van der Waals surface area contributed by atoms with Crippen LogP contribution in [0, 0.1) is 6.92 Å². The van der Waals surface area contributed by atoms with Crippen molar-refractivity contribution in [3.05, 3.63) is 29.5 Å². The van der Waals surface area contributed by atoms with Gasteiger partial charge in [-0.2, -0.15) is 5.10 Å². The van der Waals surface area contributed by atoms with Gasteiger partial charge in [-0.1, -0.05) is 6.92 Å². The van der Waals surface area contributed by atoms with Gasteiger partial charge in [-0.3, -0.25) is 14.6 Å². The molecule has 1 amide bonds. The number of sulfonamides is 1. The summed E-state index contributed by atoms with van der Waals surface area (Å²) < 4.78 is 33.0. The minimum atomic E-state index is -3.83. The van der Waals surface area contributed by atoms with Crippen LogP contribution in [-0.2, 0) is 21.2 Å². The molecule has 8 nitrogen and oxygen atoms in total. The van der Waals surface area contributed by atoms with E-state index in [1.54, 1.807) is 13.8 Å². The molecule has 24 heavy (non-hydrogen) atoms. The summed E-state index contributed by atoms with van der Waals surface area (Å²) in [5.41, 5.74) is 1.95. The van der Waals surface area contributed by atoms with E-state index in [0.29, 0.717) is 11.4 Å². The van der Waals surface area contributed by atoms with E-state index in [1.165, 1.54) is 18.2 Å². The highest BCUT2D eigenvalue weighted by atomic mass is 32.2. The van der Waals surface area contributed by atoms with Crippen molar-refractivity contribution < 1.29 is 17.9 Å². The van der Waals surface area contributed by atoms with Crippen molar-refractivity contribution in [2.45, 2.75) is 38.2 Å². The fraction of sp³-hybridized carbons (Fsp3) is 0.333. The fourth-order valence-corrected chi connectivity index (χ4v) is 3.51. The minimum absolute atomic E-state index is 0.0140. The van der Waals surface area contributed by atoms with Gasteiger partial charge in [0, 0.05) is 11.3 Å². The molecule has 1 aliphatic heterocycles. The fourth-order valence-electron chi connectivity index (χ4n) is 2.42. The molecule has 2 aromatic rings. The molecular formula is C15H18N4O4S. The van der Waals surface area contributed by atoms with Gasteiger partial charge in [0.25, 0.3) is 15.9 Å². The van der Waals surface area contributed by atoms with Gasteiger partial charge in [0.1, 0.15) is 5.75 Å². The minimum Gasteiger partial charge on any atom is -0.479 e. The Morgan fingerprint density at radius 3 is 2.79 bits per heavy atom. The van der Waals surface area contributed by atoms with E-state index in [1.807, 2.05) is 6.92 Å². The summed E-state index contributed by atoms with van der Waals surface area (Å²) in [6, 6.07) is 4.31. The Morgan fingerprint density at radius 1 is 1.38 bits per heavy atom.